The standard InChI is InChI=1S/C13H17N3O/c1-13(2,3)10(17)12-15-9-7-5-4-6-8(9)11(14)16-12/h4-7,10,17H,1-3H3,(H2,14,15,16)/t10-/m1/s1. The Bertz CT molecular complexity index is 546. The van der Waals surface area contributed by atoms with Crippen LogP contribution in [0.15, 0.2) is 24.3 Å². The van der Waals surface area contributed by atoms with Crippen molar-refractivity contribution in [1.82, 2.24) is 9.97 Å². The second-order valence-electron chi connectivity index (χ2n) is 5.25. The number of nitrogen functional groups attached to an aromatic ring is 1. The van der Waals surface area contributed by atoms with Crippen LogP contribution in [0, 0.1) is 5.41 Å². The molecule has 0 aliphatic heterocycles. The molecule has 0 aliphatic rings. The maximum Gasteiger partial charge on any atom is 0.160 e. The summed E-state index contributed by atoms with van der Waals surface area (Å²) >= 11 is 0. The lowest BCUT2D eigenvalue weighted by Crippen LogP contribution is -2.20. The van der Waals surface area contributed by atoms with Gasteiger partial charge in [-0.15, -0.1) is 0 Å². The molecule has 3 N–H and O–H groups in total. The van der Waals surface area contributed by atoms with Gasteiger partial charge in [0.2, 0.25) is 0 Å². The molecule has 1 aromatic heterocycles. The van der Waals surface area contributed by atoms with Crippen LogP contribution in [0.3, 0.4) is 0 Å². The molecular formula is C13H17N3O. The molecule has 0 saturated carbocycles. The van der Waals surface area contributed by atoms with Gasteiger partial charge in [0.05, 0.1) is 5.52 Å². The highest BCUT2D eigenvalue weighted by Gasteiger charge is 2.26. The van der Waals surface area contributed by atoms with Gasteiger partial charge < -0.3 is 10.8 Å². The fourth-order valence-corrected chi connectivity index (χ4v) is 1.63. The Morgan fingerprint density at radius 2 is 1.82 bits per heavy atom. The number of para-hydroxylation sites is 1. The highest BCUT2D eigenvalue weighted by molar-refractivity contribution is 5.87. The summed E-state index contributed by atoms with van der Waals surface area (Å²) in [6.07, 6.45) is -0.727. The molecule has 0 spiro atoms. The Morgan fingerprint density at radius 1 is 1.18 bits per heavy atom. The molecule has 0 unspecified atom stereocenters. The Labute approximate surface area is 101 Å². The van der Waals surface area contributed by atoms with E-state index in [9.17, 15) is 5.11 Å². The number of fused-ring (bicyclic) bond motifs is 1. The average Bonchev–Trinajstić information content (AvgIpc) is 2.27. The van der Waals surface area contributed by atoms with Gasteiger partial charge >= 0.3 is 0 Å². The van der Waals surface area contributed by atoms with Crippen molar-refractivity contribution in [3.63, 3.8) is 0 Å². The molecule has 4 nitrogen and oxygen atoms in total. The maximum atomic E-state index is 10.2. The highest BCUT2D eigenvalue weighted by atomic mass is 16.3. The SMILES string of the molecule is CC(C)(C)[C@H](O)c1nc(N)c2ccccc2n1. The van der Waals surface area contributed by atoms with Crippen LogP contribution in [-0.2, 0) is 0 Å². The van der Waals surface area contributed by atoms with Crippen molar-refractivity contribution in [3.05, 3.63) is 30.1 Å². The molecule has 0 fully saturated rings. The maximum absolute atomic E-state index is 10.2. The molecule has 2 rings (SSSR count). The second kappa shape index (κ2) is 3.96. The molecule has 1 aromatic carbocycles. The van der Waals surface area contributed by atoms with Crippen molar-refractivity contribution in [2.75, 3.05) is 5.73 Å². The minimum atomic E-state index is -0.727. The molecule has 1 heterocycles. The Kier molecular flexibility index (Phi) is 2.75. The summed E-state index contributed by atoms with van der Waals surface area (Å²) in [6.45, 7) is 5.81. The fraction of sp³-hybridized carbons (Fsp3) is 0.385. The number of rotatable bonds is 1. The van der Waals surface area contributed by atoms with Crippen LogP contribution in [-0.4, -0.2) is 15.1 Å². The van der Waals surface area contributed by atoms with Gasteiger partial charge in [-0.1, -0.05) is 32.9 Å². The third kappa shape index (κ3) is 2.22. The van der Waals surface area contributed by atoms with E-state index in [1.54, 1.807) is 0 Å². The summed E-state index contributed by atoms with van der Waals surface area (Å²) in [5.41, 5.74) is 6.33. The lowest BCUT2D eigenvalue weighted by atomic mass is 9.88. The van der Waals surface area contributed by atoms with Crippen LogP contribution < -0.4 is 5.73 Å². The third-order valence-electron chi connectivity index (χ3n) is 2.71. The molecule has 90 valence electrons. The van der Waals surface area contributed by atoms with Crippen molar-refractivity contribution < 1.29 is 5.11 Å². The van der Waals surface area contributed by atoms with Crippen LogP contribution in [0.25, 0.3) is 10.9 Å². The minimum absolute atomic E-state index is 0.311. The largest absolute Gasteiger partial charge is 0.385 e. The van der Waals surface area contributed by atoms with E-state index in [4.69, 9.17) is 5.73 Å². The molecule has 0 saturated heterocycles. The molecule has 0 radical (unpaired) electrons. The summed E-state index contributed by atoms with van der Waals surface area (Å²) in [6, 6.07) is 7.52. The van der Waals surface area contributed by atoms with Crippen molar-refractivity contribution in [2.24, 2.45) is 5.41 Å². The number of anilines is 1. The van der Waals surface area contributed by atoms with E-state index in [1.165, 1.54) is 0 Å². The predicted molar refractivity (Wildman–Crippen MR) is 68.4 cm³/mol. The quantitative estimate of drug-likeness (QED) is 0.789. The van der Waals surface area contributed by atoms with Gasteiger partial charge in [0.1, 0.15) is 11.9 Å². The molecule has 2 aromatic rings. The highest BCUT2D eigenvalue weighted by Crippen LogP contribution is 2.32. The summed E-state index contributed by atoms with van der Waals surface area (Å²) in [7, 11) is 0. The fourth-order valence-electron chi connectivity index (χ4n) is 1.63. The van der Waals surface area contributed by atoms with Crippen LogP contribution >= 0.6 is 0 Å². The van der Waals surface area contributed by atoms with Crippen LogP contribution in [0.2, 0.25) is 0 Å². The van der Waals surface area contributed by atoms with E-state index in [2.05, 4.69) is 9.97 Å². The zero-order valence-electron chi connectivity index (χ0n) is 10.3. The lowest BCUT2D eigenvalue weighted by molar-refractivity contribution is 0.0553. The summed E-state index contributed by atoms with van der Waals surface area (Å²) in [5, 5.41) is 11.0. The zero-order chi connectivity index (χ0) is 12.6. The lowest BCUT2D eigenvalue weighted by Gasteiger charge is -2.24. The van der Waals surface area contributed by atoms with Gasteiger partial charge in [-0.3, -0.25) is 0 Å². The van der Waals surface area contributed by atoms with Crippen molar-refractivity contribution in [2.45, 2.75) is 26.9 Å². The number of aliphatic hydroxyl groups is 1. The number of aromatic nitrogens is 2. The number of nitrogens with two attached hydrogens (primary N) is 1. The molecule has 1 atom stereocenters. The molecule has 0 bridgehead atoms. The number of benzene rings is 1. The molecule has 17 heavy (non-hydrogen) atoms. The Morgan fingerprint density at radius 3 is 2.47 bits per heavy atom. The first-order valence-corrected chi connectivity index (χ1v) is 5.60. The van der Waals surface area contributed by atoms with Crippen molar-refractivity contribution >= 4 is 16.7 Å². The number of hydrogen-bond donors (Lipinski definition) is 2. The van der Waals surface area contributed by atoms with Gasteiger partial charge in [0.25, 0.3) is 0 Å². The van der Waals surface area contributed by atoms with Gasteiger partial charge in [0, 0.05) is 5.39 Å². The monoisotopic (exact) mass is 231 g/mol. The van der Waals surface area contributed by atoms with E-state index in [0.717, 1.165) is 10.9 Å². The number of aliphatic hydroxyl groups excluding tert-OH is 1. The molecule has 0 aliphatic carbocycles. The second-order valence-corrected chi connectivity index (χ2v) is 5.25. The first kappa shape index (κ1) is 11.8. The van der Waals surface area contributed by atoms with Crippen LogP contribution in [0.1, 0.15) is 32.7 Å². The van der Waals surface area contributed by atoms with Crippen molar-refractivity contribution in [1.29, 1.82) is 0 Å². The number of nitrogens with zero attached hydrogens (tertiary/aromatic N) is 2. The van der Waals surface area contributed by atoms with Gasteiger partial charge in [0.15, 0.2) is 5.82 Å². The van der Waals surface area contributed by atoms with E-state index in [1.807, 2.05) is 45.0 Å². The van der Waals surface area contributed by atoms with Gasteiger partial charge in [-0.25, -0.2) is 9.97 Å². The summed E-state index contributed by atoms with van der Waals surface area (Å²) < 4.78 is 0. The number of hydrogen-bond acceptors (Lipinski definition) is 4. The molecule has 0 amide bonds. The summed E-state index contributed by atoms with van der Waals surface area (Å²) in [4.78, 5) is 8.55. The van der Waals surface area contributed by atoms with Gasteiger partial charge in [-0.05, 0) is 17.5 Å². The van der Waals surface area contributed by atoms with E-state index < -0.39 is 6.10 Å². The minimum Gasteiger partial charge on any atom is -0.385 e. The van der Waals surface area contributed by atoms with Crippen LogP contribution in [0.5, 0.6) is 0 Å². The first-order valence-electron chi connectivity index (χ1n) is 5.60. The topological polar surface area (TPSA) is 72.0 Å². The molecular weight excluding hydrogens is 214 g/mol. The summed E-state index contributed by atoms with van der Waals surface area (Å²) in [5.74, 6) is 0.794. The zero-order valence-corrected chi connectivity index (χ0v) is 10.3. The average molecular weight is 231 g/mol. The Balaban J connectivity index is 2.58. The van der Waals surface area contributed by atoms with E-state index in [0.29, 0.717) is 11.6 Å². The van der Waals surface area contributed by atoms with Crippen molar-refractivity contribution in [3.8, 4) is 0 Å². The van der Waals surface area contributed by atoms with E-state index >= 15 is 0 Å². The first-order chi connectivity index (χ1) is 7.89. The normalized spacial score (nSPS) is 13.9. The third-order valence-corrected chi connectivity index (χ3v) is 2.71. The van der Waals surface area contributed by atoms with Crippen LogP contribution in [0.4, 0.5) is 5.82 Å². The Hall–Kier alpha value is -1.68. The van der Waals surface area contributed by atoms with Gasteiger partial charge in [-0.2, -0.15) is 0 Å². The van der Waals surface area contributed by atoms with E-state index in [-0.39, 0.29) is 5.41 Å². The predicted octanol–water partition coefficient (Wildman–Crippen LogP) is 2.29. The molecule has 4 heteroatoms. The smallest absolute Gasteiger partial charge is 0.160 e.